The van der Waals surface area contributed by atoms with Crippen molar-refractivity contribution in [2.24, 2.45) is 0 Å². The maximum absolute atomic E-state index is 5.10. The molecule has 0 radical (unpaired) electrons. The van der Waals surface area contributed by atoms with Crippen molar-refractivity contribution < 1.29 is 4.52 Å². The molecular formula is C10H9BrN2O. The Morgan fingerprint density at radius 2 is 2.36 bits per heavy atom. The van der Waals surface area contributed by atoms with Crippen molar-refractivity contribution in [2.75, 3.05) is 0 Å². The molecule has 2 aromatic rings. The van der Waals surface area contributed by atoms with Crippen molar-refractivity contribution in [3.05, 3.63) is 35.9 Å². The van der Waals surface area contributed by atoms with Crippen molar-refractivity contribution in [3.8, 4) is 11.3 Å². The molecule has 4 heteroatoms. The van der Waals surface area contributed by atoms with Crippen LogP contribution in [0, 0.1) is 6.92 Å². The van der Waals surface area contributed by atoms with Crippen LogP contribution in [0.5, 0.6) is 0 Å². The van der Waals surface area contributed by atoms with Gasteiger partial charge >= 0.3 is 0 Å². The molecule has 14 heavy (non-hydrogen) atoms. The molecule has 0 atom stereocenters. The number of alkyl halides is 1. The molecule has 3 nitrogen and oxygen atoms in total. The van der Waals surface area contributed by atoms with E-state index in [1.165, 1.54) is 0 Å². The van der Waals surface area contributed by atoms with Crippen LogP contribution in [0.3, 0.4) is 0 Å². The van der Waals surface area contributed by atoms with E-state index in [1.807, 2.05) is 19.1 Å². The van der Waals surface area contributed by atoms with Crippen LogP contribution in [-0.4, -0.2) is 10.1 Å². The van der Waals surface area contributed by atoms with Crippen LogP contribution in [-0.2, 0) is 5.33 Å². The number of nitrogens with zero attached hydrogens (tertiary/aromatic N) is 2. The van der Waals surface area contributed by atoms with E-state index in [9.17, 15) is 0 Å². The summed E-state index contributed by atoms with van der Waals surface area (Å²) in [7, 11) is 0. The number of halogens is 1. The van der Waals surface area contributed by atoms with Crippen LogP contribution in [0.15, 0.2) is 29.0 Å². The van der Waals surface area contributed by atoms with Crippen LogP contribution in [0.1, 0.15) is 11.3 Å². The molecule has 2 heterocycles. The number of aryl methyl sites for hydroxylation is 1. The van der Waals surface area contributed by atoms with E-state index in [4.69, 9.17) is 4.52 Å². The molecule has 0 aromatic carbocycles. The minimum Gasteiger partial charge on any atom is -0.360 e. The van der Waals surface area contributed by atoms with Crippen LogP contribution in [0.4, 0.5) is 0 Å². The van der Waals surface area contributed by atoms with E-state index in [1.54, 1.807) is 12.4 Å². The Hall–Kier alpha value is -1.16. The number of pyridine rings is 1. The van der Waals surface area contributed by atoms with Gasteiger partial charge in [-0.05, 0) is 18.6 Å². The van der Waals surface area contributed by atoms with Crippen molar-refractivity contribution in [2.45, 2.75) is 12.3 Å². The smallest absolute Gasteiger partial charge is 0.147 e. The minimum absolute atomic E-state index is 0.680. The van der Waals surface area contributed by atoms with Crippen LogP contribution in [0.2, 0.25) is 0 Å². The Bertz CT molecular complexity index is 439. The SMILES string of the molecule is Cc1ccncc1-c1cc(CBr)on1. The molecule has 0 aliphatic heterocycles. The molecule has 0 spiro atoms. The summed E-state index contributed by atoms with van der Waals surface area (Å²) in [6.45, 7) is 2.03. The highest BCUT2D eigenvalue weighted by Crippen LogP contribution is 2.22. The zero-order valence-electron chi connectivity index (χ0n) is 7.70. The molecule has 2 aromatic heterocycles. The van der Waals surface area contributed by atoms with E-state index in [0.717, 1.165) is 22.6 Å². The molecule has 0 N–H and O–H groups in total. The second kappa shape index (κ2) is 3.92. The molecule has 0 aliphatic rings. The van der Waals surface area contributed by atoms with E-state index in [2.05, 4.69) is 26.1 Å². The normalized spacial score (nSPS) is 10.4. The average molecular weight is 253 g/mol. The van der Waals surface area contributed by atoms with Gasteiger partial charge in [-0.15, -0.1) is 0 Å². The first kappa shape index (κ1) is 9.40. The Labute approximate surface area is 90.3 Å². The Kier molecular flexibility index (Phi) is 2.63. The molecule has 72 valence electrons. The van der Waals surface area contributed by atoms with Crippen molar-refractivity contribution in [3.63, 3.8) is 0 Å². The molecule has 0 amide bonds. The van der Waals surface area contributed by atoms with Crippen molar-refractivity contribution >= 4 is 15.9 Å². The van der Waals surface area contributed by atoms with Gasteiger partial charge in [-0.2, -0.15) is 0 Å². The summed E-state index contributed by atoms with van der Waals surface area (Å²) in [6.07, 6.45) is 3.56. The third-order valence-electron chi connectivity index (χ3n) is 2.01. The first-order valence-electron chi connectivity index (χ1n) is 4.24. The van der Waals surface area contributed by atoms with Crippen LogP contribution < -0.4 is 0 Å². The summed E-state index contributed by atoms with van der Waals surface area (Å²) in [4.78, 5) is 4.06. The van der Waals surface area contributed by atoms with E-state index >= 15 is 0 Å². The Balaban J connectivity index is 2.44. The van der Waals surface area contributed by atoms with Gasteiger partial charge in [-0.1, -0.05) is 21.1 Å². The predicted octanol–water partition coefficient (Wildman–Crippen LogP) is 2.94. The summed E-state index contributed by atoms with van der Waals surface area (Å²) in [5.74, 6) is 0.822. The second-order valence-corrected chi connectivity index (χ2v) is 3.56. The summed E-state index contributed by atoms with van der Waals surface area (Å²) >= 11 is 3.31. The van der Waals surface area contributed by atoms with E-state index in [-0.39, 0.29) is 0 Å². The van der Waals surface area contributed by atoms with Crippen molar-refractivity contribution in [1.82, 2.24) is 10.1 Å². The number of hydrogen-bond acceptors (Lipinski definition) is 3. The largest absolute Gasteiger partial charge is 0.360 e. The Morgan fingerprint density at radius 1 is 1.50 bits per heavy atom. The van der Waals surface area contributed by atoms with Gasteiger partial charge in [0.25, 0.3) is 0 Å². The number of rotatable bonds is 2. The van der Waals surface area contributed by atoms with Crippen LogP contribution >= 0.6 is 15.9 Å². The molecule has 0 aliphatic carbocycles. The van der Waals surface area contributed by atoms with Gasteiger partial charge in [0.2, 0.25) is 0 Å². The number of hydrogen-bond donors (Lipinski definition) is 0. The lowest BCUT2D eigenvalue weighted by molar-refractivity contribution is 0.398. The first-order valence-corrected chi connectivity index (χ1v) is 5.36. The summed E-state index contributed by atoms with van der Waals surface area (Å²) < 4.78 is 5.10. The predicted molar refractivity (Wildman–Crippen MR) is 57.1 cm³/mol. The third-order valence-corrected chi connectivity index (χ3v) is 2.56. The molecule has 0 bridgehead atoms. The summed E-state index contributed by atoms with van der Waals surface area (Å²) in [5, 5.41) is 4.65. The fourth-order valence-corrected chi connectivity index (χ4v) is 1.50. The molecule has 2 rings (SSSR count). The van der Waals surface area contributed by atoms with Gasteiger partial charge in [0.15, 0.2) is 0 Å². The maximum atomic E-state index is 5.10. The molecule has 0 fully saturated rings. The first-order chi connectivity index (χ1) is 6.81. The average Bonchev–Trinajstić information content (AvgIpc) is 2.67. The van der Waals surface area contributed by atoms with Gasteiger partial charge < -0.3 is 4.52 Å². The lowest BCUT2D eigenvalue weighted by Crippen LogP contribution is -1.83. The highest BCUT2D eigenvalue weighted by atomic mass is 79.9. The standard InChI is InChI=1S/C10H9BrN2O/c1-7-2-3-12-6-9(7)10-4-8(5-11)14-13-10/h2-4,6H,5H2,1H3. The van der Waals surface area contributed by atoms with Gasteiger partial charge in [-0.25, -0.2) is 0 Å². The molecule has 0 saturated carbocycles. The van der Waals surface area contributed by atoms with Gasteiger partial charge in [0.1, 0.15) is 11.5 Å². The topological polar surface area (TPSA) is 38.9 Å². The quantitative estimate of drug-likeness (QED) is 0.772. The Morgan fingerprint density at radius 3 is 3.00 bits per heavy atom. The van der Waals surface area contributed by atoms with Crippen LogP contribution in [0.25, 0.3) is 11.3 Å². The lowest BCUT2D eigenvalue weighted by atomic mass is 10.1. The third kappa shape index (κ3) is 1.70. The van der Waals surface area contributed by atoms with Gasteiger partial charge in [0.05, 0.1) is 5.33 Å². The molecule has 0 unspecified atom stereocenters. The zero-order chi connectivity index (χ0) is 9.97. The molecule has 0 saturated heterocycles. The highest BCUT2D eigenvalue weighted by Gasteiger charge is 2.07. The maximum Gasteiger partial charge on any atom is 0.147 e. The van der Waals surface area contributed by atoms with E-state index in [0.29, 0.717) is 5.33 Å². The zero-order valence-corrected chi connectivity index (χ0v) is 9.28. The van der Waals surface area contributed by atoms with E-state index < -0.39 is 0 Å². The van der Waals surface area contributed by atoms with Crippen molar-refractivity contribution in [1.29, 1.82) is 0 Å². The second-order valence-electron chi connectivity index (χ2n) is 3.00. The van der Waals surface area contributed by atoms with Gasteiger partial charge in [-0.3, -0.25) is 4.98 Å². The monoisotopic (exact) mass is 252 g/mol. The molecular weight excluding hydrogens is 244 g/mol. The summed E-state index contributed by atoms with van der Waals surface area (Å²) in [6, 6.07) is 3.87. The minimum atomic E-state index is 0.680. The van der Waals surface area contributed by atoms with Gasteiger partial charge in [0, 0.05) is 24.0 Å². The summed E-state index contributed by atoms with van der Waals surface area (Å²) in [5.41, 5.74) is 3.00. The fraction of sp³-hybridized carbons (Fsp3) is 0.200. The lowest BCUT2D eigenvalue weighted by Gasteiger charge is -1.98. The highest BCUT2D eigenvalue weighted by molar-refractivity contribution is 9.08. The number of aromatic nitrogens is 2. The fourth-order valence-electron chi connectivity index (χ4n) is 1.24.